The Balaban J connectivity index is 1.39. The largest absolute Gasteiger partial charge is 0.383 e. The molecule has 8 heteroatoms. The number of ether oxygens (including phenoxy) is 1. The van der Waals surface area contributed by atoms with Gasteiger partial charge in [-0.3, -0.25) is 14.6 Å². The van der Waals surface area contributed by atoms with Crippen LogP contribution in [0.4, 0.5) is 5.82 Å². The molecule has 2 N–H and O–H groups in total. The monoisotopic (exact) mass is 395 g/mol. The second-order valence-corrected chi connectivity index (χ2v) is 7.38. The fourth-order valence-corrected chi connectivity index (χ4v) is 3.89. The van der Waals surface area contributed by atoms with Gasteiger partial charge < -0.3 is 20.3 Å². The van der Waals surface area contributed by atoms with Gasteiger partial charge in [0, 0.05) is 50.2 Å². The van der Waals surface area contributed by atoms with E-state index in [-0.39, 0.29) is 23.6 Å². The first-order valence-corrected chi connectivity index (χ1v) is 9.96. The second kappa shape index (κ2) is 8.57. The number of rotatable bonds is 3. The zero-order valence-electron chi connectivity index (χ0n) is 16.3. The van der Waals surface area contributed by atoms with Gasteiger partial charge in [0.15, 0.2) is 0 Å². The van der Waals surface area contributed by atoms with Crippen LogP contribution in [0.15, 0.2) is 36.7 Å². The van der Waals surface area contributed by atoms with E-state index in [0.717, 1.165) is 18.5 Å². The van der Waals surface area contributed by atoms with Crippen LogP contribution in [0, 0.1) is 0 Å². The lowest BCUT2D eigenvalue weighted by molar-refractivity contribution is 0.0303. The smallest absolute Gasteiger partial charge is 0.257 e. The molecule has 2 aliphatic heterocycles. The summed E-state index contributed by atoms with van der Waals surface area (Å²) in [5.41, 5.74) is 8.06. The van der Waals surface area contributed by atoms with Crippen molar-refractivity contribution in [2.75, 3.05) is 45.1 Å². The number of piperidine rings is 1. The van der Waals surface area contributed by atoms with Gasteiger partial charge in [-0.05, 0) is 37.1 Å². The first-order chi connectivity index (χ1) is 14.1. The molecule has 0 unspecified atom stereocenters. The molecule has 8 nitrogen and oxygen atoms in total. The van der Waals surface area contributed by atoms with Crippen LogP contribution in [-0.4, -0.2) is 71.0 Å². The number of aromatic nitrogens is 2. The standard InChI is InChI=1S/C21H25N5O3/c22-19-17(21(28)26-10-12-29-13-11-26)3-4-18(24-19)15-5-8-25(9-6-15)20(27)16-2-1-7-23-14-16/h1-4,7,14-15H,5-6,8-13H2,(H2,22,24). The van der Waals surface area contributed by atoms with E-state index in [1.54, 1.807) is 35.5 Å². The molecule has 4 rings (SSSR count). The number of anilines is 1. The predicted octanol–water partition coefficient (Wildman–Crippen LogP) is 1.55. The molecular weight excluding hydrogens is 370 g/mol. The number of morpholine rings is 1. The first kappa shape index (κ1) is 19.3. The molecule has 0 bridgehead atoms. The minimum absolute atomic E-state index is 0.00970. The second-order valence-electron chi connectivity index (χ2n) is 7.38. The molecule has 0 aliphatic carbocycles. The van der Waals surface area contributed by atoms with Crippen molar-refractivity contribution in [3.63, 3.8) is 0 Å². The quantitative estimate of drug-likeness (QED) is 0.846. The maximum atomic E-state index is 12.7. The fraction of sp³-hybridized carbons (Fsp3) is 0.429. The van der Waals surface area contributed by atoms with Gasteiger partial charge in [0.05, 0.1) is 24.3 Å². The van der Waals surface area contributed by atoms with Gasteiger partial charge in [-0.1, -0.05) is 0 Å². The van der Waals surface area contributed by atoms with Crippen LogP contribution in [0.1, 0.15) is 45.2 Å². The Hall–Kier alpha value is -3.00. The number of hydrogen-bond donors (Lipinski definition) is 1. The van der Waals surface area contributed by atoms with Gasteiger partial charge >= 0.3 is 0 Å². The third kappa shape index (κ3) is 4.22. The van der Waals surface area contributed by atoms with Gasteiger partial charge in [-0.15, -0.1) is 0 Å². The summed E-state index contributed by atoms with van der Waals surface area (Å²) < 4.78 is 5.30. The molecule has 2 amide bonds. The van der Waals surface area contributed by atoms with Gasteiger partial charge in [-0.2, -0.15) is 0 Å². The molecule has 0 radical (unpaired) electrons. The minimum atomic E-state index is -0.0956. The van der Waals surface area contributed by atoms with Crippen molar-refractivity contribution in [2.24, 2.45) is 0 Å². The van der Waals surface area contributed by atoms with Crippen LogP contribution in [-0.2, 0) is 4.74 Å². The van der Waals surface area contributed by atoms with E-state index in [4.69, 9.17) is 10.5 Å². The van der Waals surface area contributed by atoms with Crippen molar-refractivity contribution >= 4 is 17.6 Å². The van der Waals surface area contributed by atoms with Crippen LogP contribution in [0.5, 0.6) is 0 Å². The molecule has 2 saturated heterocycles. The topological polar surface area (TPSA) is 102 Å². The number of nitrogen functional groups attached to an aromatic ring is 1. The molecule has 29 heavy (non-hydrogen) atoms. The zero-order valence-corrected chi connectivity index (χ0v) is 16.3. The lowest BCUT2D eigenvalue weighted by Crippen LogP contribution is -2.41. The van der Waals surface area contributed by atoms with E-state index < -0.39 is 0 Å². The lowest BCUT2D eigenvalue weighted by Gasteiger charge is -2.32. The number of pyridine rings is 2. The zero-order chi connectivity index (χ0) is 20.2. The van der Waals surface area contributed by atoms with Crippen molar-refractivity contribution in [1.29, 1.82) is 0 Å². The Labute approximate surface area is 169 Å². The van der Waals surface area contributed by atoms with Crippen LogP contribution in [0.3, 0.4) is 0 Å². The maximum absolute atomic E-state index is 12.7. The number of carbonyl (C=O) groups is 2. The van der Waals surface area contributed by atoms with Gasteiger partial charge in [0.2, 0.25) is 0 Å². The van der Waals surface area contributed by atoms with Crippen LogP contribution >= 0.6 is 0 Å². The third-order valence-corrected chi connectivity index (χ3v) is 5.58. The van der Waals surface area contributed by atoms with Gasteiger partial charge in [-0.25, -0.2) is 4.98 Å². The summed E-state index contributed by atoms with van der Waals surface area (Å²) in [4.78, 5) is 37.4. The molecule has 0 spiro atoms. The summed E-state index contributed by atoms with van der Waals surface area (Å²) in [6, 6.07) is 7.23. The molecule has 2 aliphatic rings. The van der Waals surface area contributed by atoms with E-state index >= 15 is 0 Å². The highest BCUT2D eigenvalue weighted by molar-refractivity contribution is 5.98. The highest BCUT2D eigenvalue weighted by Crippen LogP contribution is 2.29. The lowest BCUT2D eigenvalue weighted by atomic mass is 9.92. The summed E-state index contributed by atoms with van der Waals surface area (Å²) in [5.74, 6) is 0.410. The summed E-state index contributed by atoms with van der Waals surface area (Å²) in [7, 11) is 0. The van der Waals surface area contributed by atoms with E-state index in [2.05, 4.69) is 9.97 Å². The van der Waals surface area contributed by atoms with Crippen LogP contribution in [0.25, 0.3) is 0 Å². The summed E-state index contributed by atoms with van der Waals surface area (Å²) >= 11 is 0. The summed E-state index contributed by atoms with van der Waals surface area (Å²) in [6.07, 6.45) is 4.89. The SMILES string of the molecule is Nc1nc(C2CCN(C(=O)c3cccnc3)CC2)ccc1C(=O)N1CCOCC1. The normalized spacial score (nSPS) is 17.9. The van der Waals surface area contributed by atoms with Crippen molar-refractivity contribution in [3.05, 3.63) is 53.5 Å². The molecule has 2 aromatic rings. The Morgan fingerprint density at radius 3 is 2.38 bits per heavy atom. The van der Waals surface area contributed by atoms with E-state index in [1.165, 1.54) is 0 Å². The Morgan fingerprint density at radius 2 is 1.72 bits per heavy atom. The van der Waals surface area contributed by atoms with Gasteiger partial charge in [0.1, 0.15) is 5.82 Å². The maximum Gasteiger partial charge on any atom is 0.257 e. The summed E-state index contributed by atoms with van der Waals surface area (Å²) in [5, 5.41) is 0. The van der Waals surface area contributed by atoms with E-state index in [1.807, 2.05) is 11.0 Å². The van der Waals surface area contributed by atoms with Crippen molar-refractivity contribution in [3.8, 4) is 0 Å². The van der Waals surface area contributed by atoms with Crippen LogP contribution in [0.2, 0.25) is 0 Å². The molecule has 4 heterocycles. The molecule has 152 valence electrons. The average molecular weight is 395 g/mol. The van der Waals surface area contributed by atoms with Crippen LogP contribution < -0.4 is 5.73 Å². The average Bonchev–Trinajstić information content (AvgIpc) is 2.79. The number of hydrogen-bond acceptors (Lipinski definition) is 6. The Bertz CT molecular complexity index is 875. The van der Waals surface area contributed by atoms with E-state index in [9.17, 15) is 9.59 Å². The molecule has 0 saturated carbocycles. The fourth-order valence-electron chi connectivity index (χ4n) is 3.89. The van der Waals surface area contributed by atoms with E-state index in [0.29, 0.717) is 50.5 Å². The van der Waals surface area contributed by atoms with Crippen molar-refractivity contribution in [2.45, 2.75) is 18.8 Å². The minimum Gasteiger partial charge on any atom is -0.383 e. The molecular formula is C21H25N5O3. The number of nitrogens with two attached hydrogens (primary N) is 1. The predicted molar refractivity (Wildman–Crippen MR) is 107 cm³/mol. The molecule has 2 fully saturated rings. The molecule has 2 aromatic heterocycles. The highest BCUT2D eigenvalue weighted by Gasteiger charge is 2.27. The molecule has 0 aromatic carbocycles. The first-order valence-electron chi connectivity index (χ1n) is 9.96. The number of nitrogens with zero attached hydrogens (tertiary/aromatic N) is 4. The molecule has 0 atom stereocenters. The summed E-state index contributed by atoms with van der Waals surface area (Å²) in [6.45, 7) is 3.57. The highest BCUT2D eigenvalue weighted by atomic mass is 16.5. The third-order valence-electron chi connectivity index (χ3n) is 5.58. The van der Waals surface area contributed by atoms with Crippen molar-refractivity contribution < 1.29 is 14.3 Å². The Kier molecular flexibility index (Phi) is 5.71. The Morgan fingerprint density at radius 1 is 1.00 bits per heavy atom. The van der Waals surface area contributed by atoms with Crippen molar-refractivity contribution in [1.82, 2.24) is 19.8 Å². The van der Waals surface area contributed by atoms with Gasteiger partial charge in [0.25, 0.3) is 11.8 Å². The number of amides is 2. The number of likely N-dealkylation sites (tertiary alicyclic amines) is 1. The number of carbonyl (C=O) groups excluding carboxylic acids is 2.